The van der Waals surface area contributed by atoms with Gasteiger partial charge in [-0.05, 0) is 41.0 Å². The van der Waals surface area contributed by atoms with Gasteiger partial charge in [-0.2, -0.15) is 0 Å². The number of hydrogen-bond donors (Lipinski definition) is 0. The van der Waals surface area contributed by atoms with Gasteiger partial charge in [0.25, 0.3) is 0 Å². The molecule has 0 N–H and O–H groups in total. The molecule has 0 saturated heterocycles. The maximum Gasteiger partial charge on any atom is 0.335 e. The average Bonchev–Trinajstić information content (AvgIpc) is 2.02. The molecule has 0 aromatic heterocycles. The normalized spacial score (nSPS) is 14.2. The summed E-state index contributed by atoms with van der Waals surface area (Å²) in [6.07, 6.45) is 0.289. The van der Waals surface area contributed by atoms with Gasteiger partial charge in [0, 0.05) is 0 Å². The van der Waals surface area contributed by atoms with Gasteiger partial charge in [-0.25, -0.2) is 4.79 Å². The molecule has 0 radical (unpaired) electrons. The number of rotatable bonds is 5. The van der Waals surface area contributed by atoms with Crippen LogP contribution >= 0.6 is 0 Å². The van der Waals surface area contributed by atoms with Crippen LogP contribution in [0.15, 0.2) is 0 Å². The van der Waals surface area contributed by atoms with Crippen molar-refractivity contribution in [1.82, 2.24) is 0 Å². The largest absolute Gasteiger partial charge is 0.461 e. The van der Waals surface area contributed by atoms with Crippen LogP contribution in [-0.4, -0.2) is 23.8 Å². The summed E-state index contributed by atoms with van der Waals surface area (Å²) >= 11 is 0. The summed E-state index contributed by atoms with van der Waals surface area (Å²) in [5.74, 6) is -0.290. The Kier molecular flexibility index (Phi) is 5.13. The van der Waals surface area contributed by atoms with Crippen LogP contribution < -0.4 is 0 Å². The highest BCUT2D eigenvalue weighted by atomic mass is 16.6. The highest BCUT2D eigenvalue weighted by Gasteiger charge is 2.24. The van der Waals surface area contributed by atoms with Crippen LogP contribution in [0.3, 0.4) is 0 Å². The first-order chi connectivity index (χ1) is 6.28. The predicted octanol–water partition coefficient (Wildman–Crippen LogP) is 2.53. The van der Waals surface area contributed by atoms with E-state index in [1.165, 1.54) is 0 Å². The number of esters is 1. The Hall–Kier alpha value is -0.570. The van der Waals surface area contributed by atoms with E-state index in [2.05, 4.69) is 0 Å². The highest BCUT2D eigenvalue weighted by molar-refractivity contribution is 5.74. The molecule has 0 aromatic carbocycles. The Balaban J connectivity index is 4.07. The first-order valence-electron chi connectivity index (χ1n) is 5.17. The van der Waals surface area contributed by atoms with E-state index in [-0.39, 0.29) is 17.7 Å². The molecule has 0 aromatic rings. The second-order valence-corrected chi connectivity index (χ2v) is 4.36. The molecule has 0 aliphatic heterocycles. The zero-order chi connectivity index (χ0) is 11.4. The minimum absolute atomic E-state index is 0.0849. The zero-order valence-electron chi connectivity index (χ0n) is 10.1. The molecule has 3 heteroatoms. The van der Waals surface area contributed by atoms with E-state index in [9.17, 15) is 4.79 Å². The molecule has 0 heterocycles. The molecule has 0 unspecified atom stereocenters. The van der Waals surface area contributed by atoms with Crippen molar-refractivity contribution in [2.24, 2.45) is 0 Å². The van der Waals surface area contributed by atoms with Gasteiger partial charge in [-0.15, -0.1) is 0 Å². The summed E-state index contributed by atoms with van der Waals surface area (Å²) in [7, 11) is 0. The molecule has 0 saturated carbocycles. The molecule has 0 fully saturated rings. The molecule has 0 aliphatic rings. The third-order valence-electron chi connectivity index (χ3n) is 2.03. The monoisotopic (exact) mass is 202 g/mol. The van der Waals surface area contributed by atoms with Crippen LogP contribution in [0.5, 0.6) is 0 Å². The smallest absolute Gasteiger partial charge is 0.335 e. The summed E-state index contributed by atoms with van der Waals surface area (Å²) < 4.78 is 10.6. The van der Waals surface area contributed by atoms with Gasteiger partial charge in [-0.1, -0.05) is 6.92 Å². The van der Waals surface area contributed by atoms with Crippen LogP contribution in [0.2, 0.25) is 0 Å². The van der Waals surface area contributed by atoms with Crippen LogP contribution in [0.4, 0.5) is 0 Å². The van der Waals surface area contributed by atoms with Gasteiger partial charge in [0.15, 0.2) is 6.10 Å². The van der Waals surface area contributed by atoms with Gasteiger partial charge in [0.2, 0.25) is 0 Å². The first kappa shape index (κ1) is 13.4. The van der Waals surface area contributed by atoms with Gasteiger partial charge in [-0.3, -0.25) is 0 Å². The SMILES string of the molecule is CCC(C)(C)O[C@@H](C)C(=O)OC(C)C. The third-order valence-corrected chi connectivity index (χ3v) is 2.03. The van der Waals surface area contributed by atoms with E-state index in [0.717, 1.165) is 6.42 Å². The van der Waals surface area contributed by atoms with E-state index in [1.54, 1.807) is 6.92 Å². The number of ether oxygens (including phenoxy) is 2. The fourth-order valence-electron chi connectivity index (χ4n) is 0.938. The molecular weight excluding hydrogens is 180 g/mol. The Morgan fingerprint density at radius 2 is 1.79 bits per heavy atom. The lowest BCUT2D eigenvalue weighted by Crippen LogP contribution is -2.35. The summed E-state index contributed by atoms with van der Waals surface area (Å²) in [5, 5.41) is 0. The lowest BCUT2D eigenvalue weighted by molar-refractivity contribution is -0.169. The maximum atomic E-state index is 11.4. The lowest BCUT2D eigenvalue weighted by Gasteiger charge is -2.27. The molecular formula is C11H22O3. The van der Waals surface area contributed by atoms with Crippen LogP contribution in [0.1, 0.15) is 48.0 Å². The predicted molar refractivity (Wildman–Crippen MR) is 56.1 cm³/mol. The minimum atomic E-state index is -0.493. The van der Waals surface area contributed by atoms with E-state index >= 15 is 0 Å². The molecule has 1 atom stereocenters. The quantitative estimate of drug-likeness (QED) is 0.643. The third kappa shape index (κ3) is 5.22. The van der Waals surface area contributed by atoms with E-state index < -0.39 is 6.10 Å². The zero-order valence-corrected chi connectivity index (χ0v) is 10.1. The second kappa shape index (κ2) is 5.35. The first-order valence-corrected chi connectivity index (χ1v) is 5.17. The average molecular weight is 202 g/mol. The molecule has 0 aliphatic carbocycles. The van der Waals surface area contributed by atoms with Crippen molar-refractivity contribution >= 4 is 5.97 Å². The minimum Gasteiger partial charge on any atom is -0.461 e. The van der Waals surface area contributed by atoms with Crippen LogP contribution in [-0.2, 0) is 14.3 Å². The standard InChI is InChI=1S/C11H22O3/c1-7-11(5,6)14-9(4)10(12)13-8(2)3/h8-9H,7H2,1-6H3/t9-/m0/s1. The molecule has 84 valence electrons. The summed E-state index contributed by atoms with van der Waals surface area (Å²) in [6, 6.07) is 0. The Labute approximate surface area is 86.8 Å². The van der Waals surface area contributed by atoms with E-state index in [1.807, 2.05) is 34.6 Å². The van der Waals surface area contributed by atoms with Crippen molar-refractivity contribution in [3.63, 3.8) is 0 Å². The Bertz CT molecular complexity index is 185. The fraction of sp³-hybridized carbons (Fsp3) is 0.909. The second-order valence-electron chi connectivity index (χ2n) is 4.36. The molecule has 14 heavy (non-hydrogen) atoms. The number of carbonyl (C=O) groups is 1. The number of carbonyl (C=O) groups excluding carboxylic acids is 1. The highest BCUT2D eigenvalue weighted by Crippen LogP contribution is 2.16. The van der Waals surface area contributed by atoms with Crippen molar-refractivity contribution in [3.05, 3.63) is 0 Å². The maximum absolute atomic E-state index is 11.4. The van der Waals surface area contributed by atoms with Gasteiger partial charge < -0.3 is 9.47 Å². The molecule has 3 nitrogen and oxygen atoms in total. The topological polar surface area (TPSA) is 35.5 Å². The number of hydrogen-bond acceptors (Lipinski definition) is 3. The van der Waals surface area contributed by atoms with Gasteiger partial charge in [0.05, 0.1) is 11.7 Å². The summed E-state index contributed by atoms with van der Waals surface area (Å²) in [5.41, 5.74) is -0.268. The van der Waals surface area contributed by atoms with Crippen LogP contribution in [0.25, 0.3) is 0 Å². The molecule has 0 rings (SSSR count). The van der Waals surface area contributed by atoms with Crippen molar-refractivity contribution in [2.75, 3.05) is 0 Å². The molecule has 0 amide bonds. The fourth-order valence-corrected chi connectivity index (χ4v) is 0.938. The lowest BCUT2D eigenvalue weighted by atomic mass is 10.1. The van der Waals surface area contributed by atoms with Crippen molar-refractivity contribution in [2.45, 2.75) is 65.8 Å². The Morgan fingerprint density at radius 3 is 2.14 bits per heavy atom. The Morgan fingerprint density at radius 1 is 1.29 bits per heavy atom. The van der Waals surface area contributed by atoms with E-state index in [4.69, 9.17) is 9.47 Å². The van der Waals surface area contributed by atoms with Crippen molar-refractivity contribution in [3.8, 4) is 0 Å². The summed E-state index contributed by atoms with van der Waals surface area (Å²) in [4.78, 5) is 11.4. The van der Waals surface area contributed by atoms with Crippen LogP contribution in [0, 0.1) is 0 Å². The summed E-state index contributed by atoms with van der Waals surface area (Å²) in [6.45, 7) is 11.3. The van der Waals surface area contributed by atoms with Crippen molar-refractivity contribution in [1.29, 1.82) is 0 Å². The van der Waals surface area contributed by atoms with Gasteiger partial charge >= 0.3 is 5.97 Å². The van der Waals surface area contributed by atoms with Gasteiger partial charge in [0.1, 0.15) is 0 Å². The molecule has 0 bridgehead atoms. The molecule has 0 spiro atoms. The van der Waals surface area contributed by atoms with Crippen molar-refractivity contribution < 1.29 is 14.3 Å². The van der Waals surface area contributed by atoms with E-state index in [0.29, 0.717) is 0 Å².